The van der Waals surface area contributed by atoms with Gasteiger partial charge in [0.25, 0.3) is 0 Å². The molecule has 0 aliphatic rings. The van der Waals surface area contributed by atoms with E-state index in [4.69, 9.17) is 10.2 Å². The van der Waals surface area contributed by atoms with Crippen LogP contribution in [0.15, 0.2) is 24.3 Å². The number of aliphatic hydroxyl groups excluding tert-OH is 2. The predicted molar refractivity (Wildman–Crippen MR) is 60.6 cm³/mol. The third-order valence-corrected chi connectivity index (χ3v) is 2.46. The maximum Gasteiger partial charge on any atom is 0.138 e. The van der Waals surface area contributed by atoms with Crippen LogP contribution in [0.5, 0.6) is 0 Å². The van der Waals surface area contributed by atoms with Gasteiger partial charge in [-0.3, -0.25) is 0 Å². The topological polar surface area (TPSA) is 69.1 Å². The molecule has 4 nitrogen and oxygen atoms in total. The molecular weight excluding hydrogens is 204 g/mol. The van der Waals surface area contributed by atoms with Crippen molar-refractivity contribution in [1.29, 1.82) is 0 Å². The first-order chi connectivity index (χ1) is 7.74. The van der Waals surface area contributed by atoms with Gasteiger partial charge in [0, 0.05) is 5.56 Å². The molecule has 2 aromatic rings. The minimum absolute atomic E-state index is 0.144. The fraction of sp³-hybridized carbons (Fsp3) is 0.250. The van der Waals surface area contributed by atoms with E-state index in [9.17, 15) is 0 Å². The summed E-state index contributed by atoms with van der Waals surface area (Å²) in [4.78, 5) is 7.25. The fourth-order valence-electron chi connectivity index (χ4n) is 1.64. The van der Waals surface area contributed by atoms with E-state index in [0.29, 0.717) is 17.2 Å². The Labute approximate surface area is 93.6 Å². The highest BCUT2D eigenvalue weighted by molar-refractivity contribution is 5.57. The molecule has 3 N–H and O–H groups in total. The SMILES string of the molecule is Cc1cccc(-c2nc(CO)c(CO)[nH]2)c1. The third-order valence-electron chi connectivity index (χ3n) is 2.46. The molecule has 0 saturated heterocycles. The van der Waals surface area contributed by atoms with Crippen LogP contribution in [-0.4, -0.2) is 20.2 Å². The molecule has 0 spiro atoms. The van der Waals surface area contributed by atoms with Gasteiger partial charge in [-0.15, -0.1) is 0 Å². The number of aryl methyl sites for hydroxylation is 1. The van der Waals surface area contributed by atoms with E-state index in [1.807, 2.05) is 31.2 Å². The van der Waals surface area contributed by atoms with Gasteiger partial charge in [0.05, 0.1) is 24.6 Å². The minimum Gasteiger partial charge on any atom is -0.390 e. The zero-order valence-electron chi connectivity index (χ0n) is 9.07. The lowest BCUT2D eigenvalue weighted by atomic mass is 10.1. The van der Waals surface area contributed by atoms with Crippen molar-refractivity contribution >= 4 is 0 Å². The number of benzene rings is 1. The molecule has 0 aliphatic carbocycles. The summed E-state index contributed by atoms with van der Waals surface area (Å²) in [5.41, 5.74) is 3.16. The summed E-state index contributed by atoms with van der Waals surface area (Å²) in [6.07, 6.45) is 0. The zero-order valence-corrected chi connectivity index (χ0v) is 9.07. The zero-order chi connectivity index (χ0) is 11.5. The van der Waals surface area contributed by atoms with Crippen molar-refractivity contribution < 1.29 is 10.2 Å². The molecule has 2 rings (SSSR count). The van der Waals surface area contributed by atoms with Crippen LogP contribution in [0.2, 0.25) is 0 Å². The highest BCUT2D eigenvalue weighted by atomic mass is 16.3. The molecule has 0 radical (unpaired) electrons. The maximum absolute atomic E-state index is 9.08. The van der Waals surface area contributed by atoms with Crippen molar-refractivity contribution in [2.24, 2.45) is 0 Å². The van der Waals surface area contributed by atoms with Gasteiger partial charge in [0.1, 0.15) is 5.82 Å². The number of aromatic nitrogens is 2. The van der Waals surface area contributed by atoms with Gasteiger partial charge in [-0.05, 0) is 13.0 Å². The monoisotopic (exact) mass is 218 g/mol. The molecule has 0 atom stereocenters. The van der Waals surface area contributed by atoms with Crippen molar-refractivity contribution in [3.05, 3.63) is 41.2 Å². The number of nitrogens with one attached hydrogen (secondary N) is 1. The number of hydrogen-bond acceptors (Lipinski definition) is 3. The number of imidazole rings is 1. The average Bonchev–Trinajstić information content (AvgIpc) is 2.72. The quantitative estimate of drug-likeness (QED) is 0.728. The second-order valence-corrected chi connectivity index (χ2v) is 3.70. The molecule has 0 amide bonds. The molecule has 0 saturated carbocycles. The molecule has 1 aromatic heterocycles. The van der Waals surface area contributed by atoms with E-state index in [1.54, 1.807) is 0 Å². The Kier molecular flexibility index (Phi) is 3.03. The molecule has 0 fully saturated rings. The number of aromatic amines is 1. The van der Waals surface area contributed by atoms with Crippen LogP contribution in [0, 0.1) is 6.92 Å². The van der Waals surface area contributed by atoms with Gasteiger partial charge in [0.15, 0.2) is 0 Å². The number of aliphatic hydroxyl groups is 2. The summed E-state index contributed by atoms with van der Waals surface area (Å²) >= 11 is 0. The van der Waals surface area contributed by atoms with Crippen molar-refractivity contribution in [3.8, 4) is 11.4 Å². The van der Waals surface area contributed by atoms with Crippen LogP contribution in [0.1, 0.15) is 17.0 Å². The lowest BCUT2D eigenvalue weighted by Crippen LogP contribution is -1.91. The molecular formula is C12H14N2O2. The Morgan fingerprint density at radius 2 is 2.06 bits per heavy atom. The van der Waals surface area contributed by atoms with Crippen LogP contribution in [0.3, 0.4) is 0 Å². The van der Waals surface area contributed by atoms with Gasteiger partial charge < -0.3 is 15.2 Å². The molecule has 0 bridgehead atoms. The summed E-state index contributed by atoms with van der Waals surface area (Å²) in [6, 6.07) is 7.89. The summed E-state index contributed by atoms with van der Waals surface area (Å²) in [6.45, 7) is 1.69. The molecule has 0 unspecified atom stereocenters. The summed E-state index contributed by atoms with van der Waals surface area (Å²) in [7, 11) is 0. The number of hydrogen-bond donors (Lipinski definition) is 3. The van der Waals surface area contributed by atoms with Crippen LogP contribution in [0.4, 0.5) is 0 Å². The predicted octanol–water partition coefficient (Wildman–Crippen LogP) is 1.37. The third kappa shape index (κ3) is 1.98. The lowest BCUT2D eigenvalue weighted by Gasteiger charge is -1.97. The van der Waals surface area contributed by atoms with E-state index in [-0.39, 0.29) is 13.2 Å². The smallest absolute Gasteiger partial charge is 0.138 e. The first-order valence-electron chi connectivity index (χ1n) is 5.11. The normalized spacial score (nSPS) is 10.7. The lowest BCUT2D eigenvalue weighted by molar-refractivity contribution is 0.255. The van der Waals surface area contributed by atoms with Crippen molar-refractivity contribution in [1.82, 2.24) is 9.97 Å². The molecule has 84 valence electrons. The molecule has 1 heterocycles. The van der Waals surface area contributed by atoms with Gasteiger partial charge in [-0.1, -0.05) is 23.8 Å². The van der Waals surface area contributed by atoms with Gasteiger partial charge in [-0.2, -0.15) is 0 Å². The molecule has 0 aliphatic heterocycles. The van der Waals surface area contributed by atoms with Crippen molar-refractivity contribution in [3.63, 3.8) is 0 Å². The average molecular weight is 218 g/mol. The first kappa shape index (κ1) is 10.9. The second-order valence-electron chi connectivity index (χ2n) is 3.70. The minimum atomic E-state index is -0.168. The van der Waals surface area contributed by atoms with Gasteiger partial charge in [0.2, 0.25) is 0 Å². The van der Waals surface area contributed by atoms with Crippen LogP contribution >= 0.6 is 0 Å². The fourth-order valence-corrected chi connectivity index (χ4v) is 1.64. The van der Waals surface area contributed by atoms with E-state index >= 15 is 0 Å². The Morgan fingerprint density at radius 1 is 1.25 bits per heavy atom. The molecule has 1 aromatic carbocycles. The summed E-state index contributed by atoms with van der Waals surface area (Å²) in [5.74, 6) is 0.678. The van der Waals surface area contributed by atoms with Gasteiger partial charge >= 0.3 is 0 Å². The maximum atomic E-state index is 9.08. The summed E-state index contributed by atoms with van der Waals surface area (Å²) < 4.78 is 0. The highest BCUT2D eigenvalue weighted by Crippen LogP contribution is 2.19. The highest BCUT2D eigenvalue weighted by Gasteiger charge is 2.09. The summed E-state index contributed by atoms with van der Waals surface area (Å²) in [5, 5.41) is 18.2. The Hall–Kier alpha value is -1.65. The first-order valence-corrected chi connectivity index (χ1v) is 5.11. The molecule has 16 heavy (non-hydrogen) atoms. The van der Waals surface area contributed by atoms with Crippen molar-refractivity contribution in [2.45, 2.75) is 20.1 Å². The Balaban J connectivity index is 2.44. The van der Waals surface area contributed by atoms with E-state index in [0.717, 1.165) is 11.1 Å². The number of H-pyrrole nitrogens is 1. The van der Waals surface area contributed by atoms with Crippen LogP contribution in [-0.2, 0) is 13.2 Å². The molecule has 4 heteroatoms. The van der Waals surface area contributed by atoms with Crippen LogP contribution < -0.4 is 0 Å². The number of rotatable bonds is 3. The van der Waals surface area contributed by atoms with Crippen molar-refractivity contribution in [2.75, 3.05) is 0 Å². The number of nitrogens with zero attached hydrogens (tertiary/aromatic N) is 1. The Bertz CT molecular complexity index is 470. The largest absolute Gasteiger partial charge is 0.390 e. The van der Waals surface area contributed by atoms with E-state index in [2.05, 4.69) is 9.97 Å². The second kappa shape index (κ2) is 4.47. The van der Waals surface area contributed by atoms with Gasteiger partial charge in [-0.25, -0.2) is 4.98 Å². The Morgan fingerprint density at radius 3 is 2.62 bits per heavy atom. The standard InChI is InChI=1S/C12H14N2O2/c1-8-3-2-4-9(5-8)12-13-10(6-15)11(7-16)14-12/h2-5,15-16H,6-7H2,1H3,(H,13,14). The van der Waals surface area contributed by atoms with Crippen LogP contribution in [0.25, 0.3) is 11.4 Å². The van der Waals surface area contributed by atoms with E-state index in [1.165, 1.54) is 0 Å². The van der Waals surface area contributed by atoms with E-state index < -0.39 is 0 Å².